The molecule has 0 bridgehead atoms. The van der Waals surface area contributed by atoms with Crippen molar-refractivity contribution in [2.45, 2.75) is 6.92 Å². The molecule has 2 rings (SSSR count). The third-order valence-corrected chi connectivity index (χ3v) is 4.00. The molecule has 7 nitrogen and oxygen atoms in total. The Labute approximate surface area is 122 Å². The second kappa shape index (κ2) is 7.41. The Bertz CT molecular complexity index is 446. The van der Waals surface area contributed by atoms with Crippen molar-refractivity contribution >= 4 is 28.2 Å². The SMILES string of the molecule is CCOCCNC(=O)c1sc(N2CCOCC2)nc1N. The van der Waals surface area contributed by atoms with E-state index < -0.39 is 0 Å². The smallest absolute Gasteiger partial charge is 0.265 e. The number of hydrogen-bond donors (Lipinski definition) is 2. The van der Waals surface area contributed by atoms with Crippen molar-refractivity contribution in [3.05, 3.63) is 4.88 Å². The maximum atomic E-state index is 12.0. The molecule has 0 atom stereocenters. The number of thiazole rings is 1. The van der Waals surface area contributed by atoms with Crippen LogP contribution in [-0.4, -0.2) is 57.0 Å². The molecule has 0 saturated carbocycles. The molecule has 1 saturated heterocycles. The number of hydrogen-bond acceptors (Lipinski definition) is 7. The van der Waals surface area contributed by atoms with Crippen LogP contribution in [0.15, 0.2) is 0 Å². The van der Waals surface area contributed by atoms with Crippen molar-refractivity contribution in [1.29, 1.82) is 0 Å². The largest absolute Gasteiger partial charge is 0.382 e. The molecule has 3 N–H and O–H groups in total. The Morgan fingerprint density at radius 1 is 1.55 bits per heavy atom. The fourth-order valence-corrected chi connectivity index (χ4v) is 2.79. The standard InChI is InChI=1S/C12H20N4O3S/c1-2-18-6-3-14-11(17)9-10(13)15-12(20-9)16-4-7-19-8-5-16/h2-8,13H2,1H3,(H,14,17). The maximum Gasteiger partial charge on any atom is 0.265 e. The number of nitrogens with one attached hydrogen (secondary N) is 1. The molecular formula is C12H20N4O3S. The van der Waals surface area contributed by atoms with Crippen LogP contribution in [0.3, 0.4) is 0 Å². The Morgan fingerprint density at radius 2 is 2.30 bits per heavy atom. The molecule has 0 unspecified atom stereocenters. The van der Waals surface area contributed by atoms with E-state index in [1.165, 1.54) is 11.3 Å². The molecule has 1 aromatic rings. The Hall–Kier alpha value is -1.38. The van der Waals surface area contributed by atoms with Crippen molar-refractivity contribution in [2.24, 2.45) is 0 Å². The van der Waals surface area contributed by atoms with Gasteiger partial charge in [0.05, 0.1) is 19.8 Å². The molecule has 0 aromatic carbocycles. The summed E-state index contributed by atoms with van der Waals surface area (Å²) in [6, 6.07) is 0. The quantitative estimate of drug-likeness (QED) is 0.736. The third-order valence-electron chi connectivity index (χ3n) is 2.87. The number of aromatic nitrogens is 1. The second-order valence-corrected chi connectivity index (χ2v) is 5.24. The van der Waals surface area contributed by atoms with Gasteiger partial charge in [0.15, 0.2) is 5.13 Å². The zero-order valence-electron chi connectivity index (χ0n) is 11.6. The van der Waals surface area contributed by atoms with Crippen molar-refractivity contribution in [3.63, 3.8) is 0 Å². The van der Waals surface area contributed by atoms with Crippen LogP contribution in [0, 0.1) is 0 Å². The van der Waals surface area contributed by atoms with Crippen LogP contribution in [0.2, 0.25) is 0 Å². The van der Waals surface area contributed by atoms with Gasteiger partial charge in [-0.25, -0.2) is 4.98 Å². The lowest BCUT2D eigenvalue weighted by Crippen LogP contribution is -2.36. The Balaban J connectivity index is 1.94. The first-order valence-electron chi connectivity index (χ1n) is 6.67. The average molecular weight is 300 g/mol. The summed E-state index contributed by atoms with van der Waals surface area (Å²) in [5, 5.41) is 3.55. The highest BCUT2D eigenvalue weighted by Gasteiger charge is 2.20. The summed E-state index contributed by atoms with van der Waals surface area (Å²) in [6.07, 6.45) is 0. The lowest BCUT2D eigenvalue weighted by atomic mass is 10.4. The number of nitrogens with two attached hydrogens (primary N) is 1. The normalized spacial score (nSPS) is 15.3. The molecule has 1 aliphatic rings. The van der Waals surface area contributed by atoms with Crippen molar-refractivity contribution in [1.82, 2.24) is 10.3 Å². The Kier molecular flexibility index (Phi) is 5.57. The van der Waals surface area contributed by atoms with Crippen LogP contribution < -0.4 is 16.0 Å². The number of morpholine rings is 1. The zero-order valence-corrected chi connectivity index (χ0v) is 12.4. The third kappa shape index (κ3) is 3.81. The fraction of sp³-hybridized carbons (Fsp3) is 0.667. The lowest BCUT2D eigenvalue weighted by Gasteiger charge is -2.25. The number of carbonyl (C=O) groups excluding carboxylic acids is 1. The molecule has 0 aliphatic carbocycles. The lowest BCUT2D eigenvalue weighted by molar-refractivity contribution is 0.0927. The van der Waals surface area contributed by atoms with Gasteiger partial charge in [-0.05, 0) is 6.92 Å². The number of carbonyl (C=O) groups is 1. The summed E-state index contributed by atoms with van der Waals surface area (Å²) < 4.78 is 10.5. The maximum absolute atomic E-state index is 12.0. The van der Waals surface area contributed by atoms with Crippen LogP contribution >= 0.6 is 11.3 Å². The van der Waals surface area contributed by atoms with E-state index in [9.17, 15) is 4.79 Å². The van der Waals surface area contributed by atoms with Gasteiger partial charge in [0.2, 0.25) is 0 Å². The first-order chi connectivity index (χ1) is 9.72. The van der Waals surface area contributed by atoms with Gasteiger partial charge in [0, 0.05) is 26.2 Å². The van der Waals surface area contributed by atoms with Gasteiger partial charge >= 0.3 is 0 Å². The highest BCUT2D eigenvalue weighted by Crippen LogP contribution is 2.28. The molecule has 1 amide bonds. The summed E-state index contributed by atoms with van der Waals surface area (Å²) >= 11 is 1.32. The van der Waals surface area contributed by atoms with Crippen molar-refractivity contribution < 1.29 is 14.3 Å². The summed E-state index contributed by atoms with van der Waals surface area (Å²) in [5.74, 6) is 0.0876. The number of nitrogen functional groups attached to an aromatic ring is 1. The van der Waals surface area contributed by atoms with E-state index in [0.29, 0.717) is 37.8 Å². The van der Waals surface area contributed by atoms with Crippen LogP contribution in [0.25, 0.3) is 0 Å². The minimum Gasteiger partial charge on any atom is -0.382 e. The van der Waals surface area contributed by atoms with Crippen LogP contribution in [0.4, 0.5) is 10.9 Å². The van der Waals surface area contributed by atoms with E-state index in [1.807, 2.05) is 6.92 Å². The number of rotatable bonds is 6. The summed E-state index contributed by atoms with van der Waals surface area (Å²) in [4.78, 5) is 18.8. The molecule has 1 aromatic heterocycles. The molecule has 0 radical (unpaired) electrons. The van der Waals surface area contributed by atoms with Crippen molar-refractivity contribution in [3.8, 4) is 0 Å². The van der Waals surface area contributed by atoms with E-state index in [4.69, 9.17) is 15.2 Å². The van der Waals surface area contributed by atoms with Gasteiger partial charge in [-0.15, -0.1) is 0 Å². The molecule has 0 spiro atoms. The molecule has 112 valence electrons. The summed E-state index contributed by atoms with van der Waals surface area (Å²) in [7, 11) is 0. The minimum absolute atomic E-state index is 0.195. The first kappa shape index (κ1) is 15.0. The number of amides is 1. The highest BCUT2D eigenvalue weighted by molar-refractivity contribution is 7.18. The molecule has 1 fully saturated rings. The van der Waals surface area contributed by atoms with Crippen LogP contribution in [0.5, 0.6) is 0 Å². The van der Waals surface area contributed by atoms with E-state index in [2.05, 4.69) is 15.2 Å². The van der Waals surface area contributed by atoms with E-state index >= 15 is 0 Å². The van der Waals surface area contributed by atoms with Gasteiger partial charge in [-0.2, -0.15) is 0 Å². The van der Waals surface area contributed by atoms with E-state index in [0.717, 1.165) is 18.2 Å². The van der Waals surface area contributed by atoms with Crippen LogP contribution in [0.1, 0.15) is 16.6 Å². The van der Waals surface area contributed by atoms with Gasteiger partial charge in [0.25, 0.3) is 5.91 Å². The predicted molar refractivity (Wildman–Crippen MR) is 78.4 cm³/mol. The highest BCUT2D eigenvalue weighted by atomic mass is 32.1. The fourth-order valence-electron chi connectivity index (χ4n) is 1.83. The average Bonchev–Trinajstić information content (AvgIpc) is 2.86. The summed E-state index contributed by atoms with van der Waals surface area (Å²) in [5.41, 5.74) is 5.83. The van der Waals surface area contributed by atoms with Gasteiger partial charge in [-0.3, -0.25) is 4.79 Å². The Morgan fingerprint density at radius 3 is 3.00 bits per heavy atom. The van der Waals surface area contributed by atoms with Gasteiger partial charge < -0.3 is 25.4 Å². The van der Waals surface area contributed by atoms with E-state index in [-0.39, 0.29) is 11.7 Å². The van der Waals surface area contributed by atoms with E-state index in [1.54, 1.807) is 0 Å². The zero-order chi connectivity index (χ0) is 14.4. The number of nitrogens with zero attached hydrogens (tertiary/aromatic N) is 2. The molecule has 20 heavy (non-hydrogen) atoms. The minimum atomic E-state index is -0.195. The first-order valence-corrected chi connectivity index (χ1v) is 7.49. The van der Waals surface area contributed by atoms with Gasteiger partial charge in [0.1, 0.15) is 10.7 Å². The number of anilines is 2. The summed E-state index contributed by atoms with van der Waals surface area (Å²) in [6.45, 7) is 6.42. The van der Waals surface area contributed by atoms with Crippen LogP contribution in [-0.2, 0) is 9.47 Å². The number of ether oxygens (including phenoxy) is 2. The second-order valence-electron chi connectivity index (χ2n) is 4.26. The predicted octanol–water partition coefficient (Wildman–Crippen LogP) is 0.328. The van der Waals surface area contributed by atoms with Gasteiger partial charge in [-0.1, -0.05) is 11.3 Å². The molecule has 2 heterocycles. The van der Waals surface area contributed by atoms with Crippen molar-refractivity contribution in [2.75, 3.05) is 56.7 Å². The monoisotopic (exact) mass is 300 g/mol. The molecule has 1 aliphatic heterocycles. The molecular weight excluding hydrogens is 280 g/mol. The molecule has 8 heteroatoms. The topological polar surface area (TPSA) is 89.7 Å².